The van der Waals surface area contributed by atoms with E-state index in [1.807, 2.05) is 6.92 Å². The zero-order chi connectivity index (χ0) is 17.3. The first-order valence-electron chi connectivity index (χ1n) is 7.91. The molecule has 1 aromatic heterocycles. The summed E-state index contributed by atoms with van der Waals surface area (Å²) in [5, 5.41) is 8.58. The quantitative estimate of drug-likeness (QED) is 0.851. The van der Waals surface area contributed by atoms with Crippen molar-refractivity contribution in [3.63, 3.8) is 0 Å². The SMILES string of the molecule is CCc1nc(C(=O)N(C)C2CCNC2)nn1-c1c(Cl)cccc1Cl.Cl. The third-order valence-corrected chi connectivity index (χ3v) is 4.84. The Morgan fingerprint density at radius 3 is 2.64 bits per heavy atom. The Bertz CT molecular complexity index is 738. The van der Waals surface area contributed by atoms with Crippen molar-refractivity contribution >= 4 is 41.5 Å². The Hall–Kier alpha value is -1.34. The first-order valence-corrected chi connectivity index (χ1v) is 8.66. The summed E-state index contributed by atoms with van der Waals surface area (Å²) in [5.41, 5.74) is 0.550. The Labute approximate surface area is 162 Å². The van der Waals surface area contributed by atoms with Crippen LogP contribution in [0.2, 0.25) is 10.0 Å². The summed E-state index contributed by atoms with van der Waals surface area (Å²) in [5.74, 6) is 0.615. The van der Waals surface area contributed by atoms with Crippen LogP contribution in [-0.4, -0.2) is 51.8 Å². The Morgan fingerprint density at radius 2 is 2.08 bits per heavy atom. The lowest BCUT2D eigenvalue weighted by Crippen LogP contribution is -2.38. The number of carbonyl (C=O) groups excluding carboxylic acids is 1. The number of likely N-dealkylation sites (N-methyl/N-ethyl adjacent to an activating group) is 1. The van der Waals surface area contributed by atoms with Crippen LogP contribution in [0, 0.1) is 0 Å². The van der Waals surface area contributed by atoms with Crippen molar-refractivity contribution in [2.24, 2.45) is 0 Å². The molecule has 1 unspecified atom stereocenters. The molecular weight excluding hydrogens is 385 g/mol. The number of carbonyl (C=O) groups is 1. The Morgan fingerprint density at radius 1 is 1.40 bits per heavy atom. The fraction of sp³-hybridized carbons (Fsp3) is 0.438. The molecule has 1 saturated heterocycles. The van der Waals surface area contributed by atoms with Gasteiger partial charge in [-0.2, -0.15) is 0 Å². The minimum atomic E-state index is -0.194. The molecule has 0 saturated carbocycles. The van der Waals surface area contributed by atoms with E-state index in [0.717, 1.165) is 19.5 Å². The van der Waals surface area contributed by atoms with Crippen LogP contribution in [0.15, 0.2) is 18.2 Å². The number of hydrogen-bond acceptors (Lipinski definition) is 4. The van der Waals surface area contributed by atoms with Gasteiger partial charge in [-0.15, -0.1) is 17.5 Å². The van der Waals surface area contributed by atoms with E-state index in [1.54, 1.807) is 34.8 Å². The minimum absolute atomic E-state index is 0. The maximum atomic E-state index is 12.7. The first kappa shape index (κ1) is 20.0. The van der Waals surface area contributed by atoms with Crippen LogP contribution in [0.1, 0.15) is 29.8 Å². The molecule has 6 nitrogen and oxygen atoms in total. The molecule has 1 aliphatic heterocycles. The molecule has 9 heteroatoms. The van der Waals surface area contributed by atoms with Crippen LogP contribution in [0.25, 0.3) is 5.69 Å². The van der Waals surface area contributed by atoms with E-state index in [9.17, 15) is 4.79 Å². The predicted molar refractivity (Wildman–Crippen MR) is 101 cm³/mol. The predicted octanol–water partition coefficient (Wildman–Crippen LogP) is 2.99. The molecule has 3 rings (SSSR count). The van der Waals surface area contributed by atoms with Gasteiger partial charge in [0, 0.05) is 26.1 Å². The van der Waals surface area contributed by atoms with Crippen LogP contribution >= 0.6 is 35.6 Å². The molecule has 0 radical (unpaired) electrons. The molecule has 1 N–H and O–H groups in total. The van der Waals surface area contributed by atoms with E-state index < -0.39 is 0 Å². The summed E-state index contributed by atoms with van der Waals surface area (Å²) in [7, 11) is 1.79. The lowest BCUT2D eigenvalue weighted by atomic mass is 10.2. The van der Waals surface area contributed by atoms with Gasteiger partial charge in [-0.05, 0) is 25.1 Å². The fourth-order valence-corrected chi connectivity index (χ4v) is 3.39. The molecular formula is C16H20Cl3N5O. The van der Waals surface area contributed by atoms with Gasteiger partial charge in [0.1, 0.15) is 11.5 Å². The summed E-state index contributed by atoms with van der Waals surface area (Å²) in [6.07, 6.45) is 1.54. The topological polar surface area (TPSA) is 63.1 Å². The molecule has 25 heavy (non-hydrogen) atoms. The minimum Gasteiger partial charge on any atom is -0.335 e. The van der Waals surface area contributed by atoms with Gasteiger partial charge in [0.05, 0.1) is 10.0 Å². The number of nitrogens with one attached hydrogen (secondary N) is 1. The number of nitrogens with zero attached hydrogens (tertiary/aromatic N) is 4. The zero-order valence-corrected chi connectivity index (χ0v) is 16.3. The van der Waals surface area contributed by atoms with Crippen molar-refractivity contribution in [1.29, 1.82) is 0 Å². The van der Waals surface area contributed by atoms with Crippen LogP contribution in [0.4, 0.5) is 0 Å². The molecule has 1 aliphatic rings. The molecule has 1 atom stereocenters. The van der Waals surface area contributed by atoms with Gasteiger partial charge in [0.2, 0.25) is 5.82 Å². The van der Waals surface area contributed by atoms with Gasteiger partial charge in [0.25, 0.3) is 5.91 Å². The van der Waals surface area contributed by atoms with Crippen molar-refractivity contribution in [2.75, 3.05) is 20.1 Å². The number of aryl methyl sites for hydroxylation is 1. The monoisotopic (exact) mass is 403 g/mol. The second kappa shape index (κ2) is 8.36. The largest absolute Gasteiger partial charge is 0.335 e. The van der Waals surface area contributed by atoms with E-state index in [-0.39, 0.29) is 30.2 Å². The van der Waals surface area contributed by atoms with Crippen LogP contribution < -0.4 is 5.32 Å². The number of halogens is 3. The molecule has 0 bridgehead atoms. The van der Waals surface area contributed by atoms with E-state index in [2.05, 4.69) is 15.4 Å². The van der Waals surface area contributed by atoms with Gasteiger partial charge in [-0.25, -0.2) is 9.67 Å². The van der Waals surface area contributed by atoms with Crippen LogP contribution in [-0.2, 0) is 6.42 Å². The summed E-state index contributed by atoms with van der Waals surface area (Å²) in [6, 6.07) is 5.41. The highest BCUT2D eigenvalue weighted by atomic mass is 35.5. The summed E-state index contributed by atoms with van der Waals surface area (Å²) in [6.45, 7) is 3.66. The van der Waals surface area contributed by atoms with Gasteiger partial charge >= 0.3 is 0 Å². The second-order valence-electron chi connectivity index (χ2n) is 5.75. The van der Waals surface area contributed by atoms with E-state index in [0.29, 0.717) is 28.0 Å². The molecule has 1 fully saturated rings. The fourth-order valence-electron chi connectivity index (χ4n) is 2.83. The maximum absolute atomic E-state index is 12.7. The maximum Gasteiger partial charge on any atom is 0.293 e. The summed E-state index contributed by atoms with van der Waals surface area (Å²) in [4.78, 5) is 18.8. The van der Waals surface area contributed by atoms with Crippen molar-refractivity contribution in [1.82, 2.24) is 25.0 Å². The van der Waals surface area contributed by atoms with Crippen molar-refractivity contribution in [3.8, 4) is 5.69 Å². The van der Waals surface area contributed by atoms with Crippen molar-refractivity contribution < 1.29 is 4.79 Å². The number of aromatic nitrogens is 3. The van der Waals surface area contributed by atoms with Gasteiger partial charge in [-0.3, -0.25) is 4.79 Å². The highest BCUT2D eigenvalue weighted by molar-refractivity contribution is 6.37. The number of rotatable bonds is 4. The lowest BCUT2D eigenvalue weighted by molar-refractivity contribution is 0.0731. The zero-order valence-electron chi connectivity index (χ0n) is 14.0. The van der Waals surface area contributed by atoms with Gasteiger partial charge < -0.3 is 10.2 Å². The average Bonchev–Trinajstić information content (AvgIpc) is 3.23. The average molecular weight is 405 g/mol. The van der Waals surface area contributed by atoms with Gasteiger partial charge in [-0.1, -0.05) is 36.2 Å². The van der Waals surface area contributed by atoms with Crippen molar-refractivity contribution in [2.45, 2.75) is 25.8 Å². The summed E-state index contributed by atoms with van der Waals surface area (Å²) < 4.78 is 1.57. The smallest absolute Gasteiger partial charge is 0.293 e. The Kier molecular flexibility index (Phi) is 6.68. The van der Waals surface area contributed by atoms with Crippen LogP contribution in [0.3, 0.4) is 0 Å². The number of benzene rings is 1. The molecule has 0 aliphatic carbocycles. The van der Waals surface area contributed by atoms with E-state index >= 15 is 0 Å². The van der Waals surface area contributed by atoms with Gasteiger partial charge in [0.15, 0.2) is 0 Å². The number of para-hydroxylation sites is 1. The molecule has 0 spiro atoms. The third kappa shape index (κ3) is 3.92. The van der Waals surface area contributed by atoms with Crippen molar-refractivity contribution in [3.05, 3.63) is 39.9 Å². The third-order valence-electron chi connectivity index (χ3n) is 4.23. The van der Waals surface area contributed by atoms with E-state index in [4.69, 9.17) is 23.2 Å². The molecule has 1 aromatic carbocycles. The van der Waals surface area contributed by atoms with Crippen LogP contribution in [0.5, 0.6) is 0 Å². The molecule has 2 heterocycles. The number of amides is 1. The second-order valence-corrected chi connectivity index (χ2v) is 6.56. The normalized spacial score (nSPS) is 16.6. The lowest BCUT2D eigenvalue weighted by Gasteiger charge is -2.22. The molecule has 1 amide bonds. The highest BCUT2D eigenvalue weighted by Gasteiger charge is 2.28. The van der Waals surface area contributed by atoms with E-state index in [1.165, 1.54) is 0 Å². The summed E-state index contributed by atoms with van der Waals surface area (Å²) >= 11 is 12.5. The standard InChI is InChI=1S/C16H19Cl2N5O.ClH/c1-3-13-20-15(16(24)22(2)10-7-8-19-9-10)21-23(13)14-11(17)5-4-6-12(14)18;/h4-6,10,19H,3,7-9H2,1-2H3;1H. The molecule has 136 valence electrons. The Balaban J connectivity index is 0.00000225. The number of hydrogen-bond donors (Lipinski definition) is 1. The first-order chi connectivity index (χ1) is 11.5. The molecule has 2 aromatic rings. The highest BCUT2D eigenvalue weighted by Crippen LogP contribution is 2.29.